The van der Waals surface area contributed by atoms with Gasteiger partial charge in [0.25, 0.3) is 0 Å². The second-order valence-corrected chi connectivity index (χ2v) is 13.6. The summed E-state index contributed by atoms with van der Waals surface area (Å²) in [6.07, 6.45) is 12.4. The molecule has 0 aromatic heterocycles. The minimum Gasteiger partial charge on any atom is -0.506 e. The van der Waals surface area contributed by atoms with Crippen LogP contribution in [0.2, 0.25) is 0 Å². The van der Waals surface area contributed by atoms with E-state index < -0.39 is 6.10 Å². The number of phenolic OH excluding ortho intramolecular Hbond substituents is 1. The molecule has 1 saturated carbocycles. The molecule has 4 N–H and O–H groups in total. The lowest BCUT2D eigenvalue weighted by Gasteiger charge is -2.19. The molecule has 0 spiro atoms. The number of amides is 1. The molecule has 0 bridgehead atoms. The summed E-state index contributed by atoms with van der Waals surface area (Å²) in [4.78, 5) is 39.7. The number of fused-ring (bicyclic) bond motifs is 1. The monoisotopic (exact) mass is 754 g/mol. The first-order valence-corrected chi connectivity index (χ1v) is 20.3. The Balaban J connectivity index is 0.00000121. The highest BCUT2D eigenvalue weighted by molar-refractivity contribution is 5.92. The van der Waals surface area contributed by atoms with Crippen molar-refractivity contribution in [3.8, 4) is 5.75 Å². The number of carbonyl (C=O) groups is 3. The highest BCUT2D eigenvalue weighted by Gasteiger charge is 2.35. The third-order valence-electron chi connectivity index (χ3n) is 9.18. The Hall–Kier alpha value is -3.57. The number of hydrogen-bond donors (Lipinski definition) is 4. The third kappa shape index (κ3) is 18.7. The van der Waals surface area contributed by atoms with E-state index in [9.17, 15) is 24.6 Å². The van der Waals surface area contributed by atoms with Crippen LogP contribution < -0.4 is 15.5 Å². The molecule has 1 saturated heterocycles. The van der Waals surface area contributed by atoms with Gasteiger partial charge in [0.1, 0.15) is 18.3 Å². The van der Waals surface area contributed by atoms with Gasteiger partial charge in [-0.2, -0.15) is 0 Å². The van der Waals surface area contributed by atoms with Crippen molar-refractivity contribution >= 4 is 35.9 Å². The number of nitrogens with zero attached hydrogens (tertiary/aromatic N) is 3. The Morgan fingerprint density at radius 2 is 1.57 bits per heavy atom. The zero-order valence-corrected chi connectivity index (χ0v) is 35.4. The Bertz CT molecular complexity index is 1310. The Morgan fingerprint density at radius 3 is 2.11 bits per heavy atom. The van der Waals surface area contributed by atoms with Crippen LogP contribution in [0.15, 0.2) is 42.5 Å². The fourth-order valence-corrected chi connectivity index (χ4v) is 6.56. The molecule has 1 heterocycles. The molecule has 3 atom stereocenters. The van der Waals surface area contributed by atoms with E-state index >= 15 is 0 Å². The van der Waals surface area contributed by atoms with E-state index in [2.05, 4.69) is 34.3 Å². The van der Waals surface area contributed by atoms with Crippen LogP contribution in [0.4, 0.5) is 11.4 Å². The molecule has 306 valence electrons. The van der Waals surface area contributed by atoms with Crippen molar-refractivity contribution in [2.75, 3.05) is 71.1 Å². The fourth-order valence-electron chi connectivity index (χ4n) is 6.56. The van der Waals surface area contributed by atoms with Gasteiger partial charge >= 0.3 is 0 Å². The van der Waals surface area contributed by atoms with Crippen molar-refractivity contribution in [1.29, 1.82) is 0 Å². The van der Waals surface area contributed by atoms with Crippen molar-refractivity contribution in [1.82, 2.24) is 15.1 Å². The summed E-state index contributed by atoms with van der Waals surface area (Å²) in [7, 11) is 7.53. The fraction of sp³-hybridized carbons (Fsp3) is 0.614. The Kier molecular flexibility index (Phi) is 28.7. The van der Waals surface area contributed by atoms with Crippen LogP contribution in [0.25, 0.3) is 6.08 Å². The second kappa shape index (κ2) is 30.7. The molecule has 10 heteroatoms. The summed E-state index contributed by atoms with van der Waals surface area (Å²) in [6.45, 7) is 17.6. The number of phenols is 1. The number of aliphatic hydroxyl groups is 1. The highest BCUT2D eigenvalue weighted by Crippen LogP contribution is 2.37. The predicted octanol–water partition coefficient (Wildman–Crippen LogP) is 7.94. The molecular formula is C44H75N5O5. The maximum atomic E-state index is 12.4. The van der Waals surface area contributed by atoms with Crippen LogP contribution in [0.1, 0.15) is 116 Å². The number of carbonyl (C=O) groups excluding carboxylic acids is 3. The molecule has 2 aromatic carbocycles. The van der Waals surface area contributed by atoms with Gasteiger partial charge in [-0.25, -0.2) is 0 Å². The minimum absolute atomic E-state index is 0.0408. The summed E-state index contributed by atoms with van der Waals surface area (Å²) < 4.78 is 0. The number of allylic oxidation sites excluding steroid dienone is 1. The van der Waals surface area contributed by atoms with Crippen molar-refractivity contribution in [2.45, 2.75) is 106 Å². The lowest BCUT2D eigenvalue weighted by molar-refractivity contribution is -0.118. The molecule has 3 unspecified atom stereocenters. The third-order valence-corrected chi connectivity index (χ3v) is 9.18. The molecule has 10 nitrogen and oxygen atoms in total. The van der Waals surface area contributed by atoms with Gasteiger partial charge in [-0.05, 0) is 99.6 Å². The molecule has 1 aliphatic carbocycles. The maximum absolute atomic E-state index is 12.4. The minimum atomic E-state index is -0.843. The molecule has 54 heavy (non-hydrogen) atoms. The van der Waals surface area contributed by atoms with Gasteiger partial charge in [0.2, 0.25) is 5.91 Å². The van der Waals surface area contributed by atoms with E-state index in [0.717, 1.165) is 61.7 Å². The second-order valence-electron chi connectivity index (χ2n) is 13.6. The average Bonchev–Trinajstić information content (AvgIpc) is 3.79. The van der Waals surface area contributed by atoms with E-state index in [1.165, 1.54) is 50.9 Å². The van der Waals surface area contributed by atoms with Crippen molar-refractivity contribution in [3.05, 3.63) is 59.2 Å². The number of unbranched alkanes of at least 4 members (excludes halogenated alkanes) is 1. The van der Waals surface area contributed by atoms with Gasteiger partial charge in [-0.1, -0.05) is 72.6 Å². The highest BCUT2D eigenvalue weighted by atomic mass is 16.3. The van der Waals surface area contributed by atoms with E-state index in [1.807, 2.05) is 66.1 Å². The summed E-state index contributed by atoms with van der Waals surface area (Å²) in [6, 6.07) is 10.9. The molecule has 2 aromatic rings. The van der Waals surface area contributed by atoms with Crippen LogP contribution >= 0.6 is 0 Å². The first-order valence-electron chi connectivity index (χ1n) is 20.3. The number of anilines is 2. The van der Waals surface area contributed by atoms with Crippen LogP contribution in [-0.4, -0.2) is 99.4 Å². The first-order chi connectivity index (χ1) is 26.1. The largest absolute Gasteiger partial charge is 0.506 e. The number of rotatable bonds is 17. The number of nitrogens with one attached hydrogen (secondary N) is 2. The van der Waals surface area contributed by atoms with E-state index in [4.69, 9.17) is 0 Å². The topological polar surface area (TPSA) is 125 Å². The molecule has 4 rings (SSSR count). The summed E-state index contributed by atoms with van der Waals surface area (Å²) in [5.74, 6) is 2.08. The summed E-state index contributed by atoms with van der Waals surface area (Å²) in [5.41, 5.74) is 3.48. The smallest absolute Gasteiger partial charge is 0.226 e. The number of benzene rings is 2. The summed E-state index contributed by atoms with van der Waals surface area (Å²) >= 11 is 0. The van der Waals surface area contributed by atoms with Crippen LogP contribution in [0, 0.1) is 11.8 Å². The van der Waals surface area contributed by atoms with Crippen LogP contribution in [0.3, 0.4) is 0 Å². The number of aldehydes is 2. The Morgan fingerprint density at radius 1 is 0.963 bits per heavy atom. The van der Waals surface area contributed by atoms with Gasteiger partial charge in [-0.3, -0.25) is 9.59 Å². The van der Waals surface area contributed by atoms with Gasteiger partial charge in [-0.15, -0.1) is 0 Å². The van der Waals surface area contributed by atoms with Crippen LogP contribution in [0.5, 0.6) is 5.75 Å². The predicted molar refractivity (Wildman–Crippen MR) is 228 cm³/mol. The number of aliphatic hydroxyl groups excluding tert-OH is 1. The normalized spacial score (nSPS) is 16.3. The van der Waals surface area contributed by atoms with Crippen molar-refractivity contribution in [2.24, 2.45) is 11.8 Å². The molecule has 1 amide bonds. The molecule has 2 fully saturated rings. The van der Waals surface area contributed by atoms with Gasteiger partial charge in [0, 0.05) is 70.9 Å². The molecule has 0 radical (unpaired) electrons. The summed E-state index contributed by atoms with van der Waals surface area (Å²) in [5, 5.41) is 27.0. The van der Waals surface area contributed by atoms with E-state index in [-0.39, 0.29) is 18.2 Å². The number of aromatic hydroxyl groups is 1. The SMILES string of the molecule is CC.CC.CCC.CNc1c(O)ccc(C(O)CNCc2ccc(N(C)C(=O)CCCCN(C)C)cc2)c1/C=C\C=O.O=CCCN1CC2CCCC2C1. The lowest BCUT2D eigenvalue weighted by Crippen LogP contribution is -2.26. The first kappa shape index (κ1) is 50.4. The quantitative estimate of drug-likeness (QED) is 0.0552. The van der Waals surface area contributed by atoms with Gasteiger partial charge < -0.3 is 40.3 Å². The molecule has 2 aliphatic rings. The van der Waals surface area contributed by atoms with E-state index in [1.54, 1.807) is 31.1 Å². The number of hydrogen-bond acceptors (Lipinski definition) is 9. The zero-order chi connectivity index (χ0) is 40.9. The van der Waals surface area contributed by atoms with Crippen molar-refractivity contribution < 1.29 is 24.6 Å². The van der Waals surface area contributed by atoms with E-state index in [0.29, 0.717) is 36.1 Å². The zero-order valence-electron chi connectivity index (χ0n) is 35.4. The average molecular weight is 754 g/mol. The van der Waals surface area contributed by atoms with Crippen molar-refractivity contribution in [3.63, 3.8) is 0 Å². The standard InChI is InChI=1S/C27H38N4O4.C10H17NO.C3H8.2C2H6/c1-28-27-23(8-7-17-32)22(14-15-24(27)33)25(34)19-29-18-20-10-12-21(13-11-20)31(4)26(35)9-5-6-16-30(2)3;12-6-2-5-11-7-9-3-1-4-10(9)8-11;1-3-2;2*1-2/h7-8,10-15,17,25,28-29,33-34H,5-6,9,16,18-19H2,1-4H3;6,9-10H,1-5,7-8H2;3H2,1-2H3;2*1-2H3/b8-7-;;;;. The number of likely N-dealkylation sites (tertiary alicyclic amines) is 1. The van der Waals surface area contributed by atoms with Gasteiger partial charge in [0.05, 0.1) is 11.8 Å². The Labute approximate surface area is 328 Å². The molecule has 1 aliphatic heterocycles. The van der Waals surface area contributed by atoms with Crippen LogP contribution in [-0.2, 0) is 20.9 Å². The maximum Gasteiger partial charge on any atom is 0.226 e. The molecular weight excluding hydrogens is 679 g/mol. The van der Waals surface area contributed by atoms with Gasteiger partial charge in [0.15, 0.2) is 0 Å². The lowest BCUT2D eigenvalue weighted by atomic mass is 9.99.